The summed E-state index contributed by atoms with van der Waals surface area (Å²) in [5.74, 6) is 0.518. The van der Waals surface area contributed by atoms with Gasteiger partial charge in [0, 0.05) is 12.4 Å². The molecule has 0 aromatic heterocycles. The standard InChI is InChI=1S/C14H25NO5S/c1-5-8-19-12(17)11(10-21-9-6-7-16)15-13(18)20-14(2,3)4/h5,11,16H,1,6-10H2,2-4H3,(H,15,18)/t11-/m0/s1. The van der Waals surface area contributed by atoms with E-state index in [1.54, 1.807) is 20.8 Å². The number of thioether (sulfide) groups is 1. The van der Waals surface area contributed by atoms with E-state index in [2.05, 4.69) is 11.9 Å². The normalized spacial score (nSPS) is 12.4. The summed E-state index contributed by atoms with van der Waals surface area (Å²) in [6, 6.07) is -0.788. The summed E-state index contributed by atoms with van der Waals surface area (Å²) >= 11 is 1.45. The van der Waals surface area contributed by atoms with Crippen LogP contribution in [0.15, 0.2) is 12.7 Å². The van der Waals surface area contributed by atoms with Crippen LogP contribution in [0, 0.1) is 0 Å². The predicted molar refractivity (Wildman–Crippen MR) is 83.3 cm³/mol. The summed E-state index contributed by atoms with van der Waals surface area (Å²) < 4.78 is 10.1. The third-order valence-electron chi connectivity index (χ3n) is 2.05. The van der Waals surface area contributed by atoms with Crippen molar-refractivity contribution in [1.82, 2.24) is 5.32 Å². The van der Waals surface area contributed by atoms with Crippen LogP contribution in [0.5, 0.6) is 0 Å². The Morgan fingerprint density at radius 2 is 2.10 bits per heavy atom. The number of carbonyl (C=O) groups is 2. The Bertz CT molecular complexity index is 341. The number of aliphatic hydroxyl groups excluding tert-OH is 1. The lowest BCUT2D eigenvalue weighted by molar-refractivity contribution is -0.144. The Labute approximate surface area is 130 Å². The molecule has 0 bridgehead atoms. The van der Waals surface area contributed by atoms with Gasteiger partial charge in [0.15, 0.2) is 0 Å². The minimum absolute atomic E-state index is 0.0899. The van der Waals surface area contributed by atoms with Crippen molar-refractivity contribution in [2.24, 2.45) is 0 Å². The second-order valence-corrected chi connectivity index (χ2v) is 6.42. The first-order valence-corrected chi connectivity index (χ1v) is 7.91. The average Bonchev–Trinajstić information content (AvgIpc) is 2.37. The van der Waals surface area contributed by atoms with Crippen molar-refractivity contribution in [2.45, 2.75) is 38.8 Å². The first kappa shape index (κ1) is 19.8. The number of aliphatic hydroxyl groups is 1. The Balaban J connectivity index is 4.45. The highest BCUT2D eigenvalue weighted by atomic mass is 32.2. The van der Waals surface area contributed by atoms with E-state index in [4.69, 9.17) is 14.6 Å². The van der Waals surface area contributed by atoms with Gasteiger partial charge >= 0.3 is 12.1 Å². The van der Waals surface area contributed by atoms with E-state index in [0.717, 1.165) is 0 Å². The SMILES string of the molecule is C=CCOC(=O)[C@H](CSCCCO)NC(=O)OC(C)(C)C. The minimum Gasteiger partial charge on any atom is -0.460 e. The van der Waals surface area contributed by atoms with Crippen LogP contribution in [0.3, 0.4) is 0 Å². The largest absolute Gasteiger partial charge is 0.460 e. The molecule has 7 heteroatoms. The summed E-state index contributed by atoms with van der Waals surface area (Å²) in [5.41, 5.74) is -0.635. The molecule has 0 heterocycles. The molecule has 0 aliphatic heterocycles. The van der Waals surface area contributed by atoms with Gasteiger partial charge < -0.3 is 19.9 Å². The third kappa shape index (κ3) is 11.2. The smallest absolute Gasteiger partial charge is 0.408 e. The van der Waals surface area contributed by atoms with Gasteiger partial charge in [-0.15, -0.1) is 0 Å². The van der Waals surface area contributed by atoms with Crippen LogP contribution in [0.4, 0.5) is 4.79 Å². The van der Waals surface area contributed by atoms with Crippen molar-refractivity contribution in [2.75, 3.05) is 24.7 Å². The highest BCUT2D eigenvalue weighted by Gasteiger charge is 2.25. The summed E-state index contributed by atoms with van der Waals surface area (Å²) in [5, 5.41) is 11.2. The summed E-state index contributed by atoms with van der Waals surface area (Å²) in [6.07, 6.45) is 1.43. The van der Waals surface area contributed by atoms with Crippen LogP contribution < -0.4 is 5.32 Å². The number of rotatable bonds is 9. The molecule has 0 unspecified atom stereocenters. The van der Waals surface area contributed by atoms with Gasteiger partial charge in [-0.05, 0) is 32.9 Å². The van der Waals surface area contributed by atoms with E-state index in [-0.39, 0.29) is 13.2 Å². The van der Waals surface area contributed by atoms with Gasteiger partial charge in [0.25, 0.3) is 0 Å². The van der Waals surface area contributed by atoms with E-state index >= 15 is 0 Å². The van der Waals surface area contributed by atoms with Gasteiger partial charge in [-0.1, -0.05) is 12.7 Å². The molecule has 0 aliphatic carbocycles. The summed E-state index contributed by atoms with van der Waals surface area (Å²) in [7, 11) is 0. The van der Waals surface area contributed by atoms with Crippen molar-refractivity contribution < 1.29 is 24.2 Å². The van der Waals surface area contributed by atoms with E-state index in [0.29, 0.717) is 17.9 Å². The van der Waals surface area contributed by atoms with Gasteiger partial charge in [-0.3, -0.25) is 0 Å². The molecule has 0 aliphatic rings. The van der Waals surface area contributed by atoms with Crippen LogP contribution in [0.1, 0.15) is 27.2 Å². The maximum absolute atomic E-state index is 11.9. The topological polar surface area (TPSA) is 84.9 Å². The fraction of sp³-hybridized carbons (Fsp3) is 0.714. The van der Waals surface area contributed by atoms with Gasteiger partial charge in [-0.2, -0.15) is 11.8 Å². The Kier molecular flexibility index (Phi) is 9.90. The van der Waals surface area contributed by atoms with Crippen molar-refractivity contribution in [3.05, 3.63) is 12.7 Å². The molecule has 6 nitrogen and oxygen atoms in total. The molecule has 21 heavy (non-hydrogen) atoms. The monoisotopic (exact) mass is 319 g/mol. The van der Waals surface area contributed by atoms with Crippen molar-refractivity contribution in [3.8, 4) is 0 Å². The lowest BCUT2D eigenvalue weighted by Crippen LogP contribution is -2.45. The molecule has 0 aromatic carbocycles. The fourth-order valence-electron chi connectivity index (χ4n) is 1.23. The summed E-state index contributed by atoms with van der Waals surface area (Å²) in [6.45, 7) is 8.88. The molecule has 1 atom stereocenters. The third-order valence-corrected chi connectivity index (χ3v) is 3.20. The molecule has 0 radical (unpaired) electrons. The quantitative estimate of drug-likeness (QED) is 0.382. The van der Waals surface area contributed by atoms with E-state index < -0.39 is 23.7 Å². The number of hydrogen-bond donors (Lipinski definition) is 2. The molecule has 0 fully saturated rings. The molecule has 0 aromatic rings. The number of amides is 1. The molecule has 2 N–H and O–H groups in total. The Hall–Kier alpha value is -1.21. The zero-order chi connectivity index (χ0) is 16.3. The van der Waals surface area contributed by atoms with Crippen LogP contribution >= 0.6 is 11.8 Å². The number of esters is 1. The molecule has 122 valence electrons. The molecule has 0 spiro atoms. The molecule has 0 rings (SSSR count). The second kappa shape index (κ2) is 10.5. The number of alkyl carbamates (subject to hydrolysis) is 1. The summed E-state index contributed by atoms with van der Waals surface area (Å²) in [4.78, 5) is 23.6. The van der Waals surface area contributed by atoms with Crippen LogP contribution in [-0.4, -0.2) is 53.5 Å². The van der Waals surface area contributed by atoms with Crippen molar-refractivity contribution in [3.63, 3.8) is 0 Å². The first-order chi connectivity index (χ1) is 9.80. The molecular weight excluding hydrogens is 294 g/mol. The van der Waals surface area contributed by atoms with Gasteiger partial charge in [0.2, 0.25) is 0 Å². The van der Waals surface area contributed by atoms with Gasteiger partial charge in [0.05, 0.1) is 0 Å². The molecular formula is C14H25NO5S. The van der Waals surface area contributed by atoms with Crippen LogP contribution in [0.2, 0.25) is 0 Å². The minimum atomic E-state index is -0.788. The zero-order valence-electron chi connectivity index (χ0n) is 12.9. The number of ether oxygens (including phenoxy) is 2. The lowest BCUT2D eigenvalue weighted by Gasteiger charge is -2.22. The fourth-order valence-corrected chi connectivity index (χ4v) is 2.18. The van der Waals surface area contributed by atoms with Gasteiger partial charge in [0.1, 0.15) is 18.2 Å². The lowest BCUT2D eigenvalue weighted by atomic mass is 10.2. The number of carbonyl (C=O) groups excluding carboxylic acids is 2. The molecule has 0 saturated carbocycles. The van der Waals surface area contributed by atoms with E-state index in [9.17, 15) is 9.59 Å². The van der Waals surface area contributed by atoms with E-state index in [1.165, 1.54) is 17.8 Å². The van der Waals surface area contributed by atoms with Crippen molar-refractivity contribution in [1.29, 1.82) is 0 Å². The first-order valence-electron chi connectivity index (χ1n) is 6.75. The predicted octanol–water partition coefficient (Wildman–Crippen LogP) is 1.72. The number of hydrogen-bond acceptors (Lipinski definition) is 6. The molecule has 0 saturated heterocycles. The highest BCUT2D eigenvalue weighted by Crippen LogP contribution is 2.10. The average molecular weight is 319 g/mol. The Morgan fingerprint density at radius 3 is 2.62 bits per heavy atom. The maximum atomic E-state index is 11.9. The van der Waals surface area contributed by atoms with Crippen LogP contribution in [0.25, 0.3) is 0 Å². The highest BCUT2D eigenvalue weighted by molar-refractivity contribution is 7.99. The second-order valence-electron chi connectivity index (χ2n) is 5.27. The maximum Gasteiger partial charge on any atom is 0.408 e. The zero-order valence-corrected chi connectivity index (χ0v) is 13.7. The van der Waals surface area contributed by atoms with E-state index in [1.807, 2.05) is 0 Å². The Morgan fingerprint density at radius 1 is 1.43 bits per heavy atom. The van der Waals surface area contributed by atoms with Crippen LogP contribution in [-0.2, 0) is 14.3 Å². The molecule has 1 amide bonds. The van der Waals surface area contributed by atoms with Crippen molar-refractivity contribution >= 4 is 23.8 Å². The number of nitrogens with one attached hydrogen (secondary N) is 1. The van der Waals surface area contributed by atoms with Gasteiger partial charge in [-0.25, -0.2) is 9.59 Å².